The fourth-order valence-electron chi connectivity index (χ4n) is 1.93. The Morgan fingerprint density at radius 1 is 1.29 bits per heavy atom. The predicted molar refractivity (Wildman–Crippen MR) is 96.2 cm³/mol. The topological polar surface area (TPSA) is 75.3 Å². The molecule has 0 aromatic carbocycles. The summed E-state index contributed by atoms with van der Waals surface area (Å²) in [6.45, 7) is 8.07. The lowest BCUT2D eigenvalue weighted by Crippen LogP contribution is -2.40. The van der Waals surface area contributed by atoms with Gasteiger partial charge in [0, 0.05) is 26.6 Å². The van der Waals surface area contributed by atoms with Crippen molar-refractivity contribution in [3.05, 3.63) is 11.7 Å². The van der Waals surface area contributed by atoms with Crippen LogP contribution in [0.1, 0.15) is 44.8 Å². The van der Waals surface area contributed by atoms with Crippen molar-refractivity contribution in [2.45, 2.75) is 46.5 Å². The molecule has 1 heterocycles. The van der Waals surface area contributed by atoms with Gasteiger partial charge in [-0.3, -0.25) is 4.99 Å². The number of hydrogen-bond acceptors (Lipinski definition) is 4. The molecule has 1 aromatic heterocycles. The molecule has 0 saturated heterocycles. The average Bonchev–Trinajstić information content (AvgIpc) is 2.87. The maximum Gasteiger partial charge on any atom is 0.226 e. The Morgan fingerprint density at radius 3 is 2.52 bits per heavy atom. The van der Waals surface area contributed by atoms with E-state index in [-0.39, 0.29) is 24.0 Å². The van der Waals surface area contributed by atoms with Crippen LogP contribution in [0.25, 0.3) is 0 Å². The molecule has 0 spiro atoms. The largest absolute Gasteiger partial charge is 0.356 e. The summed E-state index contributed by atoms with van der Waals surface area (Å²) in [5, 5.41) is 10.4. The summed E-state index contributed by atoms with van der Waals surface area (Å²) in [5.41, 5.74) is 0. The molecule has 21 heavy (non-hydrogen) atoms. The number of hydrogen-bond donors (Lipinski definition) is 2. The molecule has 122 valence electrons. The number of guanidine groups is 1. The van der Waals surface area contributed by atoms with Crippen LogP contribution in [0.2, 0.25) is 0 Å². The standard InChI is InChI=1S/C14H27N5O.HI/c1-5-12(6-2)10-17-14(15-4)16-9-7-8-13-18-11(3)19-20-13;/h12H,5-10H2,1-4H3,(H2,15,16,17);1H. The van der Waals surface area contributed by atoms with Gasteiger partial charge in [0.25, 0.3) is 0 Å². The number of nitrogens with one attached hydrogen (secondary N) is 2. The molecule has 7 heteroatoms. The lowest BCUT2D eigenvalue weighted by molar-refractivity contribution is 0.372. The molecule has 1 rings (SSSR count). The zero-order chi connectivity index (χ0) is 14.8. The molecule has 1 aromatic rings. The molecule has 0 saturated carbocycles. The number of halogens is 1. The van der Waals surface area contributed by atoms with Gasteiger partial charge in [-0.2, -0.15) is 4.98 Å². The van der Waals surface area contributed by atoms with Crippen LogP contribution in [-0.4, -0.2) is 36.2 Å². The number of aromatic nitrogens is 2. The highest BCUT2D eigenvalue weighted by molar-refractivity contribution is 14.0. The van der Waals surface area contributed by atoms with E-state index in [1.807, 2.05) is 6.92 Å². The first kappa shape index (κ1) is 20.1. The van der Waals surface area contributed by atoms with Crippen LogP contribution in [-0.2, 0) is 6.42 Å². The molecule has 2 N–H and O–H groups in total. The van der Waals surface area contributed by atoms with Crippen LogP contribution in [0.3, 0.4) is 0 Å². The van der Waals surface area contributed by atoms with E-state index in [0.717, 1.165) is 31.9 Å². The van der Waals surface area contributed by atoms with Crippen molar-refractivity contribution in [1.82, 2.24) is 20.8 Å². The Labute approximate surface area is 144 Å². The van der Waals surface area contributed by atoms with Crippen molar-refractivity contribution >= 4 is 29.9 Å². The quantitative estimate of drug-likeness (QED) is 0.299. The maximum atomic E-state index is 5.07. The molecular weight excluding hydrogens is 381 g/mol. The highest BCUT2D eigenvalue weighted by Gasteiger charge is 2.05. The second-order valence-electron chi connectivity index (χ2n) is 4.90. The zero-order valence-electron chi connectivity index (χ0n) is 13.5. The Morgan fingerprint density at radius 2 is 2.00 bits per heavy atom. The third-order valence-electron chi connectivity index (χ3n) is 3.37. The van der Waals surface area contributed by atoms with E-state index in [4.69, 9.17) is 4.52 Å². The molecule has 0 amide bonds. The molecular formula is C14H28IN5O. The summed E-state index contributed by atoms with van der Waals surface area (Å²) in [5.74, 6) is 2.95. The van der Waals surface area contributed by atoms with E-state index in [1.54, 1.807) is 7.05 Å². The summed E-state index contributed by atoms with van der Waals surface area (Å²) < 4.78 is 5.07. The van der Waals surface area contributed by atoms with E-state index >= 15 is 0 Å². The van der Waals surface area contributed by atoms with Gasteiger partial charge in [-0.05, 0) is 19.3 Å². The second kappa shape index (κ2) is 11.8. The lowest BCUT2D eigenvalue weighted by Gasteiger charge is -2.16. The van der Waals surface area contributed by atoms with Gasteiger partial charge in [-0.25, -0.2) is 0 Å². The Kier molecular flexibility index (Phi) is 11.3. The summed E-state index contributed by atoms with van der Waals surface area (Å²) in [6.07, 6.45) is 4.11. The van der Waals surface area contributed by atoms with E-state index in [1.165, 1.54) is 12.8 Å². The minimum absolute atomic E-state index is 0. The first-order chi connectivity index (χ1) is 9.69. The normalized spacial score (nSPS) is 11.4. The van der Waals surface area contributed by atoms with Gasteiger partial charge in [-0.15, -0.1) is 24.0 Å². The third kappa shape index (κ3) is 8.23. The Hall–Kier alpha value is -0.860. The van der Waals surface area contributed by atoms with Crippen molar-refractivity contribution in [3.8, 4) is 0 Å². The van der Waals surface area contributed by atoms with Gasteiger partial charge in [0.15, 0.2) is 11.8 Å². The van der Waals surface area contributed by atoms with Crippen molar-refractivity contribution in [1.29, 1.82) is 0 Å². The van der Waals surface area contributed by atoms with E-state index in [2.05, 4.69) is 39.6 Å². The molecule has 0 aliphatic rings. The van der Waals surface area contributed by atoms with Gasteiger partial charge in [0.2, 0.25) is 5.89 Å². The summed E-state index contributed by atoms with van der Waals surface area (Å²) in [7, 11) is 1.80. The van der Waals surface area contributed by atoms with E-state index < -0.39 is 0 Å². The molecule has 0 bridgehead atoms. The van der Waals surface area contributed by atoms with Gasteiger partial charge in [0.1, 0.15) is 0 Å². The minimum Gasteiger partial charge on any atom is -0.356 e. The van der Waals surface area contributed by atoms with Crippen molar-refractivity contribution in [2.24, 2.45) is 10.9 Å². The zero-order valence-corrected chi connectivity index (χ0v) is 15.8. The van der Waals surface area contributed by atoms with Crippen LogP contribution >= 0.6 is 24.0 Å². The van der Waals surface area contributed by atoms with Crippen molar-refractivity contribution in [2.75, 3.05) is 20.1 Å². The number of aryl methyl sites for hydroxylation is 2. The SMILES string of the molecule is CCC(CC)CNC(=NC)NCCCc1nc(C)no1.I. The minimum atomic E-state index is 0. The highest BCUT2D eigenvalue weighted by Crippen LogP contribution is 2.04. The Balaban J connectivity index is 0.00000400. The fraction of sp³-hybridized carbons (Fsp3) is 0.786. The number of nitrogens with zero attached hydrogens (tertiary/aromatic N) is 3. The molecule has 0 aliphatic heterocycles. The van der Waals surface area contributed by atoms with Crippen LogP contribution in [0.4, 0.5) is 0 Å². The van der Waals surface area contributed by atoms with E-state index in [9.17, 15) is 0 Å². The summed E-state index contributed by atoms with van der Waals surface area (Å²) in [4.78, 5) is 8.40. The smallest absolute Gasteiger partial charge is 0.226 e. The second-order valence-corrected chi connectivity index (χ2v) is 4.90. The van der Waals surface area contributed by atoms with Crippen LogP contribution in [0.15, 0.2) is 9.52 Å². The van der Waals surface area contributed by atoms with Crippen LogP contribution in [0, 0.1) is 12.8 Å². The molecule has 0 radical (unpaired) electrons. The van der Waals surface area contributed by atoms with Crippen LogP contribution in [0.5, 0.6) is 0 Å². The molecule has 0 unspecified atom stereocenters. The predicted octanol–water partition coefficient (Wildman–Crippen LogP) is 2.53. The molecule has 0 fully saturated rings. The van der Waals surface area contributed by atoms with Crippen molar-refractivity contribution < 1.29 is 4.52 Å². The Bertz CT molecular complexity index is 404. The van der Waals surface area contributed by atoms with Gasteiger partial charge in [-0.1, -0.05) is 31.8 Å². The average molecular weight is 409 g/mol. The molecule has 0 atom stereocenters. The number of rotatable bonds is 8. The van der Waals surface area contributed by atoms with Crippen LogP contribution < -0.4 is 10.6 Å². The highest BCUT2D eigenvalue weighted by atomic mass is 127. The van der Waals surface area contributed by atoms with Gasteiger partial charge >= 0.3 is 0 Å². The van der Waals surface area contributed by atoms with Gasteiger partial charge < -0.3 is 15.2 Å². The fourth-order valence-corrected chi connectivity index (χ4v) is 1.93. The number of aliphatic imine (C=N–C) groups is 1. The van der Waals surface area contributed by atoms with Gasteiger partial charge in [0.05, 0.1) is 0 Å². The maximum absolute atomic E-state index is 5.07. The monoisotopic (exact) mass is 409 g/mol. The summed E-state index contributed by atoms with van der Waals surface area (Å²) >= 11 is 0. The molecule has 0 aliphatic carbocycles. The first-order valence-electron chi connectivity index (χ1n) is 7.43. The third-order valence-corrected chi connectivity index (χ3v) is 3.37. The van der Waals surface area contributed by atoms with E-state index in [0.29, 0.717) is 17.6 Å². The molecule has 6 nitrogen and oxygen atoms in total. The first-order valence-corrected chi connectivity index (χ1v) is 7.43. The van der Waals surface area contributed by atoms with Crippen molar-refractivity contribution in [3.63, 3.8) is 0 Å². The summed E-state index contributed by atoms with van der Waals surface area (Å²) in [6, 6.07) is 0. The lowest BCUT2D eigenvalue weighted by atomic mass is 10.0.